The summed E-state index contributed by atoms with van der Waals surface area (Å²) in [5.74, 6) is 0.205. The first-order chi connectivity index (χ1) is 8.57. The predicted octanol–water partition coefficient (Wildman–Crippen LogP) is 0.113. The second-order valence-electron chi connectivity index (χ2n) is 5.65. The zero-order valence-electron chi connectivity index (χ0n) is 11.3. The van der Waals surface area contributed by atoms with Crippen LogP contribution in [-0.4, -0.2) is 49.4 Å². The van der Waals surface area contributed by atoms with E-state index in [1.165, 1.54) is 0 Å². The van der Waals surface area contributed by atoms with Crippen LogP contribution < -0.4 is 10.6 Å². The van der Waals surface area contributed by atoms with Crippen LogP contribution in [0.5, 0.6) is 0 Å². The molecule has 0 spiro atoms. The zero-order chi connectivity index (χ0) is 13.2. The highest BCUT2D eigenvalue weighted by Gasteiger charge is 2.42. The first-order valence-electron chi connectivity index (χ1n) is 6.81. The van der Waals surface area contributed by atoms with Crippen molar-refractivity contribution >= 4 is 11.8 Å². The highest BCUT2D eigenvalue weighted by molar-refractivity contribution is 5.86. The molecule has 1 unspecified atom stereocenters. The average molecular weight is 253 g/mol. The number of carbonyl (C=O) groups is 2. The summed E-state index contributed by atoms with van der Waals surface area (Å²) in [7, 11) is 1.65. The maximum absolute atomic E-state index is 12.3. The molecule has 5 nitrogen and oxygen atoms in total. The lowest BCUT2D eigenvalue weighted by atomic mass is 9.89. The van der Waals surface area contributed by atoms with Crippen molar-refractivity contribution in [2.75, 3.05) is 26.7 Å². The van der Waals surface area contributed by atoms with Gasteiger partial charge in [-0.1, -0.05) is 6.42 Å². The van der Waals surface area contributed by atoms with Crippen molar-refractivity contribution in [1.29, 1.82) is 0 Å². The van der Waals surface area contributed by atoms with Gasteiger partial charge in [0.15, 0.2) is 0 Å². The van der Waals surface area contributed by atoms with Crippen LogP contribution in [-0.2, 0) is 9.59 Å². The van der Waals surface area contributed by atoms with E-state index in [1.807, 2.05) is 11.8 Å². The van der Waals surface area contributed by atoms with E-state index < -0.39 is 5.41 Å². The van der Waals surface area contributed by atoms with Gasteiger partial charge in [0.05, 0.1) is 11.5 Å². The van der Waals surface area contributed by atoms with Crippen LogP contribution in [0, 0.1) is 5.41 Å². The van der Waals surface area contributed by atoms with Crippen LogP contribution in [0.3, 0.4) is 0 Å². The van der Waals surface area contributed by atoms with E-state index in [-0.39, 0.29) is 17.9 Å². The molecule has 2 atom stereocenters. The van der Waals surface area contributed by atoms with Gasteiger partial charge in [-0.3, -0.25) is 9.59 Å². The molecule has 0 aliphatic carbocycles. The Morgan fingerprint density at radius 2 is 2.17 bits per heavy atom. The summed E-state index contributed by atoms with van der Waals surface area (Å²) in [4.78, 5) is 26.0. The number of nitrogens with zero attached hydrogens (tertiary/aromatic N) is 1. The van der Waals surface area contributed by atoms with Crippen LogP contribution >= 0.6 is 0 Å². The number of hydrogen-bond acceptors (Lipinski definition) is 3. The molecule has 0 aromatic rings. The molecule has 2 heterocycles. The Morgan fingerprint density at radius 3 is 2.78 bits per heavy atom. The van der Waals surface area contributed by atoms with Crippen molar-refractivity contribution in [3.63, 3.8) is 0 Å². The summed E-state index contributed by atoms with van der Waals surface area (Å²) < 4.78 is 0. The van der Waals surface area contributed by atoms with Crippen LogP contribution in [0.25, 0.3) is 0 Å². The van der Waals surface area contributed by atoms with E-state index >= 15 is 0 Å². The Hall–Kier alpha value is -1.10. The van der Waals surface area contributed by atoms with E-state index in [0.29, 0.717) is 13.1 Å². The molecule has 2 saturated heterocycles. The molecule has 102 valence electrons. The normalized spacial score (nSPS) is 32.3. The Morgan fingerprint density at radius 1 is 1.39 bits per heavy atom. The van der Waals surface area contributed by atoms with Crippen molar-refractivity contribution in [3.05, 3.63) is 0 Å². The number of amides is 2. The lowest BCUT2D eigenvalue weighted by molar-refractivity contribution is -0.134. The monoisotopic (exact) mass is 253 g/mol. The van der Waals surface area contributed by atoms with Gasteiger partial charge in [-0.05, 0) is 32.7 Å². The molecule has 18 heavy (non-hydrogen) atoms. The van der Waals surface area contributed by atoms with E-state index in [1.54, 1.807) is 7.05 Å². The minimum atomic E-state index is -0.418. The van der Waals surface area contributed by atoms with Gasteiger partial charge in [0.1, 0.15) is 0 Å². The highest BCUT2D eigenvalue weighted by Crippen LogP contribution is 2.30. The van der Waals surface area contributed by atoms with Gasteiger partial charge in [-0.15, -0.1) is 0 Å². The van der Waals surface area contributed by atoms with Gasteiger partial charge in [0, 0.05) is 20.1 Å². The van der Waals surface area contributed by atoms with Gasteiger partial charge < -0.3 is 15.5 Å². The third kappa shape index (κ3) is 2.51. The summed E-state index contributed by atoms with van der Waals surface area (Å²) in [5, 5.41) is 5.97. The average Bonchev–Trinajstić information content (AvgIpc) is 2.82. The molecule has 0 aromatic heterocycles. The molecular weight excluding hydrogens is 230 g/mol. The van der Waals surface area contributed by atoms with Gasteiger partial charge in [0.2, 0.25) is 11.8 Å². The van der Waals surface area contributed by atoms with Crippen molar-refractivity contribution in [3.8, 4) is 0 Å². The summed E-state index contributed by atoms with van der Waals surface area (Å²) in [6.45, 7) is 4.11. The minimum Gasteiger partial charge on any atom is -0.359 e. The summed E-state index contributed by atoms with van der Waals surface area (Å²) in [5.41, 5.74) is -0.418. The van der Waals surface area contributed by atoms with Gasteiger partial charge in [-0.25, -0.2) is 0 Å². The molecule has 2 aliphatic heterocycles. The fourth-order valence-corrected chi connectivity index (χ4v) is 2.92. The Balaban J connectivity index is 1.95. The molecule has 2 fully saturated rings. The van der Waals surface area contributed by atoms with Crippen LogP contribution in [0.2, 0.25) is 0 Å². The SMILES string of the molecule is CNC(=O)C1(C)CCN(C(=O)[C@H]2CCCCN2)C1. The van der Waals surface area contributed by atoms with Crippen molar-refractivity contribution in [2.45, 2.75) is 38.6 Å². The minimum absolute atomic E-state index is 0.0363. The highest BCUT2D eigenvalue weighted by atomic mass is 16.2. The topological polar surface area (TPSA) is 61.4 Å². The summed E-state index contributed by atoms with van der Waals surface area (Å²) in [6, 6.07) is -0.0363. The van der Waals surface area contributed by atoms with Crippen LogP contribution in [0.15, 0.2) is 0 Å². The van der Waals surface area contributed by atoms with Gasteiger partial charge >= 0.3 is 0 Å². The standard InChI is InChI=1S/C13H23N3O2/c1-13(12(18)14-2)6-8-16(9-13)11(17)10-5-3-4-7-15-10/h10,15H,3-9H2,1-2H3,(H,14,18)/t10-,13?/m1/s1. The maximum atomic E-state index is 12.3. The number of rotatable bonds is 2. The fourth-order valence-electron chi connectivity index (χ4n) is 2.92. The molecule has 2 rings (SSSR count). The van der Waals surface area contributed by atoms with Crippen molar-refractivity contribution < 1.29 is 9.59 Å². The molecule has 2 amide bonds. The van der Waals surface area contributed by atoms with E-state index in [2.05, 4.69) is 10.6 Å². The summed E-state index contributed by atoms with van der Waals surface area (Å²) in [6.07, 6.45) is 3.95. The van der Waals surface area contributed by atoms with Crippen molar-refractivity contribution in [1.82, 2.24) is 15.5 Å². The maximum Gasteiger partial charge on any atom is 0.239 e. The number of piperidine rings is 1. The quantitative estimate of drug-likeness (QED) is 0.734. The smallest absolute Gasteiger partial charge is 0.239 e. The first kappa shape index (κ1) is 13.3. The predicted molar refractivity (Wildman–Crippen MR) is 69.0 cm³/mol. The molecular formula is C13H23N3O2. The second-order valence-corrected chi connectivity index (χ2v) is 5.65. The van der Waals surface area contributed by atoms with Crippen molar-refractivity contribution in [2.24, 2.45) is 5.41 Å². The number of carbonyl (C=O) groups excluding carboxylic acids is 2. The molecule has 2 N–H and O–H groups in total. The Kier molecular flexibility index (Phi) is 3.90. The first-order valence-corrected chi connectivity index (χ1v) is 6.81. The molecule has 5 heteroatoms. The second kappa shape index (κ2) is 5.26. The molecule has 2 aliphatic rings. The van der Waals surface area contributed by atoms with E-state index in [4.69, 9.17) is 0 Å². The number of nitrogens with one attached hydrogen (secondary N) is 2. The largest absolute Gasteiger partial charge is 0.359 e. The molecule has 0 radical (unpaired) electrons. The fraction of sp³-hybridized carbons (Fsp3) is 0.846. The molecule has 0 bridgehead atoms. The lowest BCUT2D eigenvalue weighted by Gasteiger charge is -2.28. The third-order valence-electron chi connectivity index (χ3n) is 4.17. The van der Waals surface area contributed by atoms with Gasteiger partial charge in [-0.2, -0.15) is 0 Å². The zero-order valence-corrected chi connectivity index (χ0v) is 11.3. The summed E-state index contributed by atoms with van der Waals surface area (Å²) >= 11 is 0. The van der Waals surface area contributed by atoms with E-state index in [0.717, 1.165) is 32.2 Å². The number of hydrogen-bond donors (Lipinski definition) is 2. The molecule has 0 aromatic carbocycles. The number of likely N-dealkylation sites (tertiary alicyclic amines) is 1. The third-order valence-corrected chi connectivity index (χ3v) is 4.17. The van der Waals surface area contributed by atoms with Crippen LogP contribution in [0.1, 0.15) is 32.6 Å². The lowest BCUT2D eigenvalue weighted by Crippen LogP contribution is -2.49. The van der Waals surface area contributed by atoms with Gasteiger partial charge in [0.25, 0.3) is 0 Å². The molecule has 0 saturated carbocycles. The Labute approximate surface area is 108 Å². The van der Waals surface area contributed by atoms with E-state index in [9.17, 15) is 9.59 Å². The Bertz CT molecular complexity index is 339. The van der Waals surface area contributed by atoms with Crippen LogP contribution in [0.4, 0.5) is 0 Å².